The number of nitrogens with zero attached hydrogens (tertiary/aromatic N) is 1. The maximum Gasteiger partial charge on any atom is 0.127 e. The van der Waals surface area contributed by atoms with Gasteiger partial charge in [-0.05, 0) is 23.1 Å². The molecule has 0 aromatic heterocycles. The Hall–Kier alpha value is -1.97. The number of phenolic OH excluding ortho intramolecular Hbond substituents is 1. The van der Waals surface area contributed by atoms with Gasteiger partial charge in [0, 0.05) is 16.5 Å². The van der Waals surface area contributed by atoms with Crippen LogP contribution in [0.2, 0.25) is 0 Å². The predicted molar refractivity (Wildman–Crippen MR) is 83.6 cm³/mol. The average Bonchev–Trinajstić information content (AvgIpc) is 2.67. The molecule has 0 radical (unpaired) electrons. The zero-order valence-electron chi connectivity index (χ0n) is 13.3. The molecule has 4 nitrogen and oxygen atoms in total. The molecule has 0 saturated heterocycles. The SMILES string of the molecule is CC(C)(C)C1=C(c2ccc(/C=N/O)c(O)c2)OCC1(C)C. The van der Waals surface area contributed by atoms with Crippen molar-refractivity contribution in [1.82, 2.24) is 0 Å². The van der Waals surface area contributed by atoms with E-state index in [4.69, 9.17) is 9.94 Å². The molecule has 0 spiro atoms. The van der Waals surface area contributed by atoms with Crippen molar-refractivity contribution >= 4 is 12.0 Å². The second-order valence-electron chi connectivity index (χ2n) is 7.14. The van der Waals surface area contributed by atoms with Gasteiger partial charge in [-0.2, -0.15) is 0 Å². The lowest BCUT2D eigenvalue weighted by Crippen LogP contribution is -2.24. The van der Waals surface area contributed by atoms with Gasteiger partial charge in [-0.25, -0.2) is 0 Å². The first-order chi connectivity index (χ1) is 9.66. The molecule has 4 heteroatoms. The van der Waals surface area contributed by atoms with Crippen LogP contribution in [0, 0.1) is 10.8 Å². The Kier molecular flexibility index (Phi) is 3.74. The molecule has 114 valence electrons. The number of aromatic hydroxyl groups is 1. The standard InChI is InChI=1S/C17H23NO3/c1-16(2,3)15-14(21-10-17(15,4)5)11-6-7-12(9-18-20)13(19)8-11/h6-9,19-20H,10H2,1-5H3/b18-9+. The minimum atomic E-state index is -0.0333. The highest BCUT2D eigenvalue weighted by atomic mass is 16.5. The quantitative estimate of drug-likeness (QED) is 0.491. The first-order valence-corrected chi connectivity index (χ1v) is 7.05. The third kappa shape index (κ3) is 2.89. The monoisotopic (exact) mass is 289 g/mol. The molecule has 0 bridgehead atoms. The van der Waals surface area contributed by atoms with Crippen LogP contribution in [0.15, 0.2) is 28.9 Å². The Morgan fingerprint density at radius 2 is 1.95 bits per heavy atom. The van der Waals surface area contributed by atoms with Gasteiger partial charge >= 0.3 is 0 Å². The predicted octanol–water partition coefficient (Wildman–Crippen LogP) is 4.01. The van der Waals surface area contributed by atoms with Gasteiger partial charge in [-0.1, -0.05) is 45.8 Å². The zero-order chi connectivity index (χ0) is 15.8. The number of benzene rings is 1. The lowest BCUT2D eigenvalue weighted by molar-refractivity contribution is 0.213. The smallest absolute Gasteiger partial charge is 0.127 e. The molecule has 0 atom stereocenters. The summed E-state index contributed by atoms with van der Waals surface area (Å²) in [6.07, 6.45) is 1.21. The van der Waals surface area contributed by atoms with Crippen LogP contribution in [-0.4, -0.2) is 23.1 Å². The molecule has 0 aliphatic carbocycles. The van der Waals surface area contributed by atoms with Crippen molar-refractivity contribution in [3.05, 3.63) is 34.9 Å². The Bertz CT molecular complexity index is 607. The number of oxime groups is 1. The van der Waals surface area contributed by atoms with Crippen molar-refractivity contribution < 1.29 is 15.1 Å². The van der Waals surface area contributed by atoms with Crippen LogP contribution in [0.25, 0.3) is 5.76 Å². The molecule has 1 aliphatic rings. The lowest BCUT2D eigenvalue weighted by atomic mass is 9.71. The van der Waals surface area contributed by atoms with Gasteiger partial charge in [0.25, 0.3) is 0 Å². The van der Waals surface area contributed by atoms with E-state index in [1.807, 2.05) is 6.07 Å². The number of ether oxygens (including phenoxy) is 1. The summed E-state index contributed by atoms with van der Waals surface area (Å²) in [7, 11) is 0. The molecule has 0 fully saturated rings. The zero-order valence-corrected chi connectivity index (χ0v) is 13.3. The maximum absolute atomic E-state index is 10.0. The molecule has 0 unspecified atom stereocenters. The average molecular weight is 289 g/mol. The summed E-state index contributed by atoms with van der Waals surface area (Å²) in [5, 5.41) is 21.5. The van der Waals surface area contributed by atoms with Gasteiger partial charge in [0.15, 0.2) is 0 Å². The third-order valence-electron chi connectivity index (χ3n) is 3.72. The molecule has 1 aromatic carbocycles. The van der Waals surface area contributed by atoms with Crippen LogP contribution in [0.4, 0.5) is 0 Å². The molecule has 1 aliphatic heterocycles. The number of hydrogen-bond acceptors (Lipinski definition) is 4. The summed E-state index contributed by atoms with van der Waals surface area (Å²) in [4.78, 5) is 0. The van der Waals surface area contributed by atoms with Crippen molar-refractivity contribution in [3.63, 3.8) is 0 Å². The van der Waals surface area contributed by atoms with Gasteiger partial charge in [0.05, 0.1) is 12.8 Å². The molecule has 21 heavy (non-hydrogen) atoms. The Balaban J connectivity index is 2.56. The summed E-state index contributed by atoms with van der Waals surface area (Å²) in [6, 6.07) is 5.24. The summed E-state index contributed by atoms with van der Waals surface area (Å²) in [5.41, 5.74) is 2.51. The van der Waals surface area contributed by atoms with E-state index in [-0.39, 0.29) is 16.6 Å². The van der Waals surface area contributed by atoms with Gasteiger partial charge in [0.2, 0.25) is 0 Å². The number of rotatable bonds is 2. The topological polar surface area (TPSA) is 62.1 Å². The molecular formula is C17H23NO3. The van der Waals surface area contributed by atoms with E-state index in [2.05, 4.69) is 39.8 Å². The first-order valence-electron chi connectivity index (χ1n) is 7.05. The third-order valence-corrected chi connectivity index (χ3v) is 3.72. The highest BCUT2D eigenvalue weighted by Gasteiger charge is 2.41. The van der Waals surface area contributed by atoms with E-state index in [0.717, 1.165) is 11.3 Å². The van der Waals surface area contributed by atoms with Crippen molar-refractivity contribution in [2.45, 2.75) is 34.6 Å². The van der Waals surface area contributed by atoms with Crippen LogP contribution in [0.5, 0.6) is 5.75 Å². The highest BCUT2D eigenvalue weighted by molar-refractivity contribution is 5.84. The lowest BCUT2D eigenvalue weighted by Gasteiger charge is -2.30. The number of hydrogen-bond donors (Lipinski definition) is 2. The molecule has 2 N–H and O–H groups in total. The fraction of sp³-hybridized carbons (Fsp3) is 0.471. The second kappa shape index (κ2) is 5.10. The largest absolute Gasteiger partial charge is 0.507 e. The van der Waals surface area contributed by atoms with Crippen molar-refractivity contribution in [3.8, 4) is 5.75 Å². The van der Waals surface area contributed by atoms with E-state index in [1.165, 1.54) is 11.8 Å². The molecule has 0 amide bonds. The minimum absolute atomic E-state index is 0.0177. The summed E-state index contributed by atoms with van der Waals surface area (Å²) >= 11 is 0. The van der Waals surface area contributed by atoms with E-state index < -0.39 is 0 Å². The normalized spacial score (nSPS) is 18.3. The Morgan fingerprint density at radius 1 is 1.29 bits per heavy atom. The van der Waals surface area contributed by atoms with E-state index in [0.29, 0.717) is 12.2 Å². The fourth-order valence-electron chi connectivity index (χ4n) is 3.14. The molecule has 2 rings (SSSR count). The van der Waals surface area contributed by atoms with E-state index in [1.54, 1.807) is 12.1 Å². The van der Waals surface area contributed by atoms with Gasteiger partial charge < -0.3 is 15.1 Å². The number of phenols is 1. The van der Waals surface area contributed by atoms with Gasteiger partial charge in [0.1, 0.15) is 11.5 Å². The van der Waals surface area contributed by atoms with Gasteiger partial charge in [-0.15, -0.1) is 0 Å². The van der Waals surface area contributed by atoms with E-state index in [9.17, 15) is 5.11 Å². The molecular weight excluding hydrogens is 266 g/mol. The highest BCUT2D eigenvalue weighted by Crippen LogP contribution is 2.49. The fourth-order valence-corrected chi connectivity index (χ4v) is 3.14. The Labute approximate surface area is 125 Å². The van der Waals surface area contributed by atoms with Crippen LogP contribution in [-0.2, 0) is 4.74 Å². The minimum Gasteiger partial charge on any atom is -0.507 e. The Morgan fingerprint density at radius 3 is 2.48 bits per heavy atom. The van der Waals surface area contributed by atoms with Gasteiger partial charge in [-0.3, -0.25) is 0 Å². The van der Waals surface area contributed by atoms with E-state index >= 15 is 0 Å². The molecule has 1 heterocycles. The van der Waals surface area contributed by atoms with Crippen molar-refractivity contribution in [2.24, 2.45) is 16.0 Å². The van der Waals surface area contributed by atoms with Crippen LogP contribution < -0.4 is 0 Å². The maximum atomic E-state index is 10.0. The van der Waals surface area contributed by atoms with Crippen molar-refractivity contribution in [1.29, 1.82) is 0 Å². The van der Waals surface area contributed by atoms with Crippen LogP contribution in [0.3, 0.4) is 0 Å². The van der Waals surface area contributed by atoms with Crippen LogP contribution >= 0.6 is 0 Å². The summed E-state index contributed by atoms with van der Waals surface area (Å²) in [6.45, 7) is 11.5. The van der Waals surface area contributed by atoms with Crippen molar-refractivity contribution in [2.75, 3.05) is 6.61 Å². The summed E-state index contributed by atoms with van der Waals surface area (Å²) < 4.78 is 5.93. The second-order valence-corrected chi connectivity index (χ2v) is 7.14. The first kappa shape index (κ1) is 15.4. The summed E-state index contributed by atoms with van der Waals surface area (Å²) in [5.74, 6) is 0.912. The molecule has 0 saturated carbocycles. The molecule has 1 aromatic rings. The van der Waals surface area contributed by atoms with Crippen LogP contribution in [0.1, 0.15) is 45.7 Å².